The molecule has 2 saturated heterocycles. The predicted octanol–water partition coefficient (Wildman–Crippen LogP) is 3.49. The van der Waals surface area contributed by atoms with Crippen LogP contribution in [-0.4, -0.2) is 59.8 Å². The minimum atomic E-state index is -0.723. The molecule has 1 atom stereocenters. The molecular formula is C20H23Cl3N6O2. The zero-order chi connectivity index (χ0) is 22.4. The maximum Gasteiger partial charge on any atom is 0.247 e. The number of anilines is 1. The second-order valence-electron chi connectivity index (χ2n) is 7.42. The molecule has 0 spiro atoms. The van der Waals surface area contributed by atoms with Crippen molar-refractivity contribution in [2.45, 2.75) is 38.1 Å². The van der Waals surface area contributed by atoms with E-state index in [1.54, 1.807) is 28.1 Å². The molecule has 0 bridgehead atoms. The van der Waals surface area contributed by atoms with E-state index in [4.69, 9.17) is 40.1 Å². The average molecular weight is 486 g/mol. The molecule has 0 saturated carbocycles. The number of rotatable bonds is 4. The Kier molecular flexibility index (Phi) is 8.24. The van der Waals surface area contributed by atoms with Gasteiger partial charge in [0.2, 0.25) is 17.8 Å². The first-order chi connectivity index (χ1) is 14.9. The number of halogens is 3. The van der Waals surface area contributed by atoms with Gasteiger partial charge in [-0.3, -0.25) is 14.9 Å². The minimum Gasteiger partial charge on any atom is -0.341 e. The Morgan fingerprint density at radius 1 is 1.13 bits per heavy atom. The van der Waals surface area contributed by atoms with Crippen molar-refractivity contribution in [3.8, 4) is 6.19 Å². The van der Waals surface area contributed by atoms with E-state index in [1.165, 1.54) is 0 Å². The molecule has 1 aromatic rings. The Morgan fingerprint density at radius 3 is 2.55 bits per heavy atom. The fourth-order valence-electron chi connectivity index (χ4n) is 3.65. The lowest BCUT2D eigenvalue weighted by atomic mass is 10.1. The molecule has 31 heavy (non-hydrogen) atoms. The third kappa shape index (κ3) is 5.94. The molecule has 2 aliphatic rings. The second kappa shape index (κ2) is 10.9. The Morgan fingerprint density at radius 2 is 1.84 bits per heavy atom. The number of aliphatic imine (C=N–C) groups is 1. The summed E-state index contributed by atoms with van der Waals surface area (Å²) >= 11 is 18.3. The highest BCUT2D eigenvalue weighted by molar-refractivity contribution is 6.49. The van der Waals surface area contributed by atoms with Crippen LogP contribution in [-0.2, 0) is 9.59 Å². The third-order valence-corrected chi connectivity index (χ3v) is 6.58. The maximum atomic E-state index is 13.1. The van der Waals surface area contributed by atoms with Gasteiger partial charge >= 0.3 is 0 Å². The molecule has 2 N–H and O–H groups in total. The highest BCUT2D eigenvalue weighted by Gasteiger charge is 2.30. The first-order valence-electron chi connectivity index (χ1n) is 10.1. The lowest BCUT2D eigenvalue weighted by Crippen LogP contribution is -2.45. The number of likely N-dealkylation sites (tertiary alicyclic amines) is 2. The number of guanidine groups is 1. The van der Waals surface area contributed by atoms with Gasteiger partial charge in [0.15, 0.2) is 6.19 Å². The monoisotopic (exact) mass is 484 g/mol. The number of benzene rings is 1. The second-order valence-corrected chi connectivity index (χ2v) is 8.58. The van der Waals surface area contributed by atoms with Crippen LogP contribution in [0.3, 0.4) is 0 Å². The summed E-state index contributed by atoms with van der Waals surface area (Å²) in [4.78, 5) is 33.4. The van der Waals surface area contributed by atoms with Gasteiger partial charge in [0.1, 0.15) is 6.04 Å². The summed E-state index contributed by atoms with van der Waals surface area (Å²) in [5.41, 5.74) is 0.389. The standard InChI is InChI=1S/C20H23Cl3N6O2/c21-13-6-7-14(18(23)17(13)22)26-20(25-12-24)27-15-5-1-2-10-29(19(15)31)11-16(30)28-8-3-4-9-28/h6-7,15H,1-5,8-11H2,(H2,25,26,27)/t15-/m0/s1. The Bertz CT molecular complexity index is 911. The molecule has 166 valence electrons. The van der Waals surface area contributed by atoms with Crippen molar-refractivity contribution < 1.29 is 9.59 Å². The largest absolute Gasteiger partial charge is 0.341 e. The van der Waals surface area contributed by atoms with Crippen LogP contribution in [0.4, 0.5) is 5.69 Å². The summed E-state index contributed by atoms with van der Waals surface area (Å²) in [6, 6.07) is 2.44. The summed E-state index contributed by atoms with van der Waals surface area (Å²) in [7, 11) is 0. The van der Waals surface area contributed by atoms with Crippen LogP contribution in [0.25, 0.3) is 0 Å². The first kappa shape index (κ1) is 23.5. The van der Waals surface area contributed by atoms with Crippen LogP contribution in [0, 0.1) is 11.5 Å². The van der Waals surface area contributed by atoms with Crippen molar-refractivity contribution in [2.75, 3.05) is 31.5 Å². The van der Waals surface area contributed by atoms with Crippen molar-refractivity contribution in [1.82, 2.24) is 15.1 Å². The van der Waals surface area contributed by atoms with E-state index in [9.17, 15) is 9.59 Å². The van der Waals surface area contributed by atoms with E-state index < -0.39 is 6.04 Å². The van der Waals surface area contributed by atoms with Gasteiger partial charge in [-0.25, -0.2) is 4.99 Å². The van der Waals surface area contributed by atoms with E-state index in [0.717, 1.165) is 38.8 Å². The van der Waals surface area contributed by atoms with Crippen molar-refractivity contribution in [1.29, 1.82) is 5.26 Å². The quantitative estimate of drug-likeness (QED) is 0.223. The summed E-state index contributed by atoms with van der Waals surface area (Å²) in [5, 5.41) is 15.1. The van der Waals surface area contributed by atoms with Crippen LogP contribution in [0.1, 0.15) is 32.1 Å². The third-order valence-electron chi connectivity index (χ3n) is 5.28. The van der Waals surface area contributed by atoms with Gasteiger partial charge in [-0.15, -0.1) is 0 Å². The van der Waals surface area contributed by atoms with Crippen LogP contribution < -0.4 is 10.6 Å². The van der Waals surface area contributed by atoms with E-state index >= 15 is 0 Å². The van der Waals surface area contributed by atoms with E-state index in [0.29, 0.717) is 23.7 Å². The molecule has 3 rings (SSSR count). The van der Waals surface area contributed by atoms with Gasteiger partial charge in [0.25, 0.3) is 0 Å². The van der Waals surface area contributed by atoms with Crippen LogP contribution in [0.2, 0.25) is 15.1 Å². The van der Waals surface area contributed by atoms with Crippen molar-refractivity contribution >= 4 is 58.3 Å². The number of carbonyl (C=O) groups excluding carboxylic acids is 2. The number of nitriles is 1. The van der Waals surface area contributed by atoms with Gasteiger partial charge < -0.3 is 15.1 Å². The number of hydrogen-bond acceptors (Lipinski definition) is 4. The zero-order valence-corrected chi connectivity index (χ0v) is 19.1. The fourth-order valence-corrected chi connectivity index (χ4v) is 4.23. The fraction of sp³-hybridized carbons (Fsp3) is 0.500. The summed E-state index contributed by atoms with van der Waals surface area (Å²) in [6.07, 6.45) is 5.88. The van der Waals surface area contributed by atoms with Crippen molar-refractivity contribution in [3.63, 3.8) is 0 Å². The Labute approximate surface area is 196 Å². The molecular weight excluding hydrogens is 463 g/mol. The molecule has 2 aliphatic heterocycles. The highest BCUT2D eigenvalue weighted by atomic mass is 35.5. The topological polar surface area (TPSA) is 101 Å². The molecule has 0 radical (unpaired) electrons. The molecule has 0 unspecified atom stereocenters. The van der Waals surface area contributed by atoms with Crippen LogP contribution in [0.5, 0.6) is 0 Å². The highest BCUT2D eigenvalue weighted by Crippen LogP contribution is 2.35. The number of hydrogen-bond donors (Lipinski definition) is 2. The van der Waals surface area contributed by atoms with Crippen molar-refractivity contribution in [2.24, 2.45) is 4.99 Å². The Hall–Kier alpha value is -2.21. The zero-order valence-electron chi connectivity index (χ0n) is 16.8. The average Bonchev–Trinajstić information content (AvgIpc) is 3.24. The molecule has 0 aliphatic carbocycles. The SMILES string of the molecule is N#CNC(=N[C@H]1CCCCN(CC(=O)N2CCCC2)C1=O)Nc1ccc(Cl)c(Cl)c1Cl. The number of nitrogens with one attached hydrogen (secondary N) is 2. The lowest BCUT2D eigenvalue weighted by molar-refractivity contribution is -0.140. The maximum absolute atomic E-state index is 13.1. The number of nitrogens with zero attached hydrogens (tertiary/aromatic N) is 4. The van der Waals surface area contributed by atoms with E-state index in [-0.39, 0.29) is 34.4 Å². The van der Waals surface area contributed by atoms with Gasteiger partial charge in [-0.2, -0.15) is 5.26 Å². The van der Waals surface area contributed by atoms with Crippen molar-refractivity contribution in [3.05, 3.63) is 27.2 Å². The first-order valence-corrected chi connectivity index (χ1v) is 11.2. The van der Waals surface area contributed by atoms with Crippen LogP contribution >= 0.6 is 34.8 Å². The summed E-state index contributed by atoms with van der Waals surface area (Å²) in [5.74, 6) is -0.204. The molecule has 2 heterocycles. The number of carbonyl (C=O) groups is 2. The normalized spacial score (nSPS) is 19.7. The van der Waals surface area contributed by atoms with E-state index in [1.807, 2.05) is 0 Å². The molecule has 2 amide bonds. The minimum absolute atomic E-state index is 0.0356. The smallest absolute Gasteiger partial charge is 0.247 e. The van der Waals surface area contributed by atoms with E-state index in [2.05, 4.69) is 15.6 Å². The van der Waals surface area contributed by atoms with Gasteiger partial charge in [-0.05, 0) is 44.2 Å². The van der Waals surface area contributed by atoms with Gasteiger partial charge in [0, 0.05) is 19.6 Å². The predicted molar refractivity (Wildman–Crippen MR) is 121 cm³/mol. The lowest BCUT2D eigenvalue weighted by Gasteiger charge is -2.25. The van der Waals surface area contributed by atoms with Crippen LogP contribution in [0.15, 0.2) is 17.1 Å². The Balaban J connectivity index is 1.77. The number of amides is 2. The molecule has 11 heteroatoms. The molecule has 0 aromatic heterocycles. The summed E-state index contributed by atoms with van der Waals surface area (Å²) < 4.78 is 0. The molecule has 8 nitrogen and oxygen atoms in total. The van der Waals surface area contributed by atoms with Gasteiger partial charge in [0.05, 0.1) is 27.3 Å². The summed E-state index contributed by atoms with van der Waals surface area (Å²) in [6.45, 7) is 2.05. The molecule has 1 aromatic carbocycles. The van der Waals surface area contributed by atoms with Gasteiger partial charge in [-0.1, -0.05) is 34.8 Å². The molecule has 2 fully saturated rings.